The lowest BCUT2D eigenvalue weighted by molar-refractivity contribution is 0.0601. The van der Waals surface area contributed by atoms with Gasteiger partial charge in [0.15, 0.2) is 5.78 Å². The molecule has 1 heterocycles. The number of thiophene rings is 1. The molecule has 1 aromatic heterocycles. The number of benzene rings is 2. The van der Waals surface area contributed by atoms with E-state index in [1.165, 1.54) is 18.4 Å². The highest BCUT2D eigenvalue weighted by Crippen LogP contribution is 2.38. The minimum absolute atomic E-state index is 0.0949. The summed E-state index contributed by atoms with van der Waals surface area (Å²) >= 11 is 1.46. The first-order valence-corrected chi connectivity index (χ1v) is 11.1. The molecule has 158 valence electrons. The van der Waals surface area contributed by atoms with Gasteiger partial charge in [0.05, 0.1) is 12.7 Å². The quantitative estimate of drug-likeness (QED) is 0.337. The minimum Gasteiger partial charge on any atom is -0.465 e. The number of methoxy groups -OCH3 is 1. The number of nitrogens with one attached hydrogen (secondary N) is 1. The van der Waals surface area contributed by atoms with E-state index in [2.05, 4.69) is 5.32 Å². The number of carbonyl (C=O) groups is 3. The second-order valence-corrected chi connectivity index (χ2v) is 8.59. The van der Waals surface area contributed by atoms with E-state index in [0.29, 0.717) is 27.3 Å². The number of hydrogen-bond donors (Lipinski definition) is 1. The van der Waals surface area contributed by atoms with Gasteiger partial charge in [-0.25, -0.2) is 4.79 Å². The summed E-state index contributed by atoms with van der Waals surface area (Å²) in [6.45, 7) is 0. The van der Waals surface area contributed by atoms with Crippen LogP contribution in [0.4, 0.5) is 5.00 Å². The molecule has 0 saturated carbocycles. The molecule has 0 radical (unpaired) electrons. The molecule has 4 rings (SSSR count). The normalized spacial score (nSPS) is 13.1. The molecule has 0 unspecified atom stereocenters. The Bertz CT molecular complexity index is 1120. The van der Waals surface area contributed by atoms with Gasteiger partial charge < -0.3 is 10.1 Å². The Morgan fingerprint density at radius 2 is 1.48 bits per heavy atom. The first kappa shape index (κ1) is 21.0. The molecule has 0 fully saturated rings. The van der Waals surface area contributed by atoms with Crippen LogP contribution in [-0.4, -0.2) is 24.8 Å². The predicted molar refractivity (Wildman–Crippen MR) is 121 cm³/mol. The van der Waals surface area contributed by atoms with Gasteiger partial charge in [-0.15, -0.1) is 11.3 Å². The van der Waals surface area contributed by atoms with E-state index < -0.39 is 5.97 Å². The van der Waals surface area contributed by atoms with Gasteiger partial charge in [-0.1, -0.05) is 48.9 Å². The van der Waals surface area contributed by atoms with Gasteiger partial charge in [-0.05, 0) is 43.4 Å². The summed E-state index contributed by atoms with van der Waals surface area (Å²) in [6, 6.07) is 15.6. The Hall–Kier alpha value is -3.25. The van der Waals surface area contributed by atoms with Gasteiger partial charge in [0.1, 0.15) is 5.00 Å². The monoisotopic (exact) mass is 433 g/mol. The summed E-state index contributed by atoms with van der Waals surface area (Å²) in [5.41, 5.74) is 3.02. The molecular weight excluding hydrogens is 410 g/mol. The molecule has 1 aliphatic carbocycles. The van der Waals surface area contributed by atoms with E-state index in [1.807, 2.05) is 18.2 Å². The van der Waals surface area contributed by atoms with Crippen LogP contribution >= 0.6 is 11.3 Å². The number of ketones is 1. The van der Waals surface area contributed by atoms with Crippen LogP contribution in [0.5, 0.6) is 0 Å². The zero-order chi connectivity index (χ0) is 21.8. The molecule has 0 saturated heterocycles. The van der Waals surface area contributed by atoms with E-state index in [1.54, 1.807) is 36.4 Å². The predicted octanol–water partition coefficient (Wildman–Crippen LogP) is 5.29. The molecule has 5 nitrogen and oxygen atoms in total. The second-order valence-electron chi connectivity index (χ2n) is 7.49. The number of fused-ring (bicyclic) bond motifs is 1. The van der Waals surface area contributed by atoms with Crippen molar-refractivity contribution in [2.24, 2.45) is 0 Å². The first-order valence-electron chi connectivity index (χ1n) is 10.3. The third kappa shape index (κ3) is 4.44. The number of anilines is 1. The number of aryl methyl sites for hydroxylation is 1. The zero-order valence-corrected chi connectivity index (χ0v) is 18.1. The van der Waals surface area contributed by atoms with Gasteiger partial charge in [0, 0.05) is 21.6 Å². The van der Waals surface area contributed by atoms with Crippen LogP contribution in [0.25, 0.3) is 0 Å². The largest absolute Gasteiger partial charge is 0.465 e. The Balaban J connectivity index is 1.56. The average molecular weight is 434 g/mol. The summed E-state index contributed by atoms with van der Waals surface area (Å²) < 4.78 is 4.99. The standard InChI is InChI=1S/C25H23NO4S/c1-30-25(29)21-19-10-6-3-7-11-20(19)31-24(21)26-23(28)18-14-12-17(13-15-18)22(27)16-8-4-2-5-9-16/h2,4-5,8-9,12-15H,3,6-7,10-11H2,1H3,(H,26,28). The Kier molecular flexibility index (Phi) is 6.28. The SMILES string of the molecule is COC(=O)c1c(NC(=O)c2ccc(C(=O)c3ccccc3)cc2)sc2c1CCCCC2. The average Bonchev–Trinajstić information content (AvgIpc) is 2.98. The molecule has 1 aliphatic rings. The Morgan fingerprint density at radius 1 is 0.839 bits per heavy atom. The van der Waals surface area contributed by atoms with E-state index in [-0.39, 0.29) is 11.7 Å². The van der Waals surface area contributed by atoms with Crippen LogP contribution < -0.4 is 5.32 Å². The van der Waals surface area contributed by atoms with Crippen LogP contribution in [0, 0.1) is 0 Å². The number of hydrogen-bond acceptors (Lipinski definition) is 5. The molecular formula is C25H23NO4S. The van der Waals surface area contributed by atoms with E-state index in [0.717, 1.165) is 42.5 Å². The fourth-order valence-corrected chi connectivity index (χ4v) is 5.13. The van der Waals surface area contributed by atoms with Crippen LogP contribution in [-0.2, 0) is 17.6 Å². The molecule has 0 atom stereocenters. The molecule has 1 N–H and O–H groups in total. The molecule has 1 amide bonds. The number of ether oxygens (including phenoxy) is 1. The lowest BCUT2D eigenvalue weighted by Gasteiger charge is -2.08. The molecule has 31 heavy (non-hydrogen) atoms. The lowest BCUT2D eigenvalue weighted by atomic mass is 10.0. The van der Waals surface area contributed by atoms with Crippen molar-refractivity contribution in [1.29, 1.82) is 0 Å². The summed E-state index contributed by atoms with van der Waals surface area (Å²) in [7, 11) is 1.36. The Labute approximate surface area is 185 Å². The van der Waals surface area contributed by atoms with Crippen LogP contribution in [0.2, 0.25) is 0 Å². The van der Waals surface area contributed by atoms with Crippen molar-refractivity contribution < 1.29 is 19.1 Å². The third-order valence-electron chi connectivity index (χ3n) is 5.48. The van der Waals surface area contributed by atoms with E-state index >= 15 is 0 Å². The number of carbonyl (C=O) groups excluding carboxylic acids is 3. The van der Waals surface area contributed by atoms with Crippen molar-refractivity contribution >= 4 is 34.0 Å². The number of rotatable bonds is 5. The minimum atomic E-state index is -0.418. The van der Waals surface area contributed by atoms with Crippen LogP contribution in [0.1, 0.15) is 66.3 Å². The third-order valence-corrected chi connectivity index (χ3v) is 6.69. The van der Waals surface area contributed by atoms with Gasteiger partial charge in [0.25, 0.3) is 5.91 Å². The maximum absolute atomic E-state index is 12.9. The summed E-state index contributed by atoms with van der Waals surface area (Å²) in [5, 5.41) is 3.43. The van der Waals surface area contributed by atoms with E-state index in [9.17, 15) is 14.4 Å². The Morgan fingerprint density at radius 3 is 2.19 bits per heavy atom. The molecule has 2 aromatic carbocycles. The van der Waals surface area contributed by atoms with Crippen LogP contribution in [0.3, 0.4) is 0 Å². The summed E-state index contributed by atoms with van der Waals surface area (Å²) in [4.78, 5) is 39.0. The van der Waals surface area contributed by atoms with Crippen LogP contribution in [0.15, 0.2) is 54.6 Å². The zero-order valence-electron chi connectivity index (χ0n) is 17.3. The van der Waals surface area contributed by atoms with E-state index in [4.69, 9.17) is 4.74 Å². The highest BCUT2D eigenvalue weighted by Gasteiger charge is 2.26. The highest BCUT2D eigenvalue weighted by atomic mass is 32.1. The fraction of sp³-hybridized carbons (Fsp3) is 0.240. The first-order chi connectivity index (χ1) is 15.1. The van der Waals surface area contributed by atoms with Crippen molar-refractivity contribution in [2.75, 3.05) is 12.4 Å². The summed E-state index contributed by atoms with van der Waals surface area (Å²) in [6.07, 6.45) is 4.98. The van der Waals surface area contributed by atoms with Gasteiger partial charge >= 0.3 is 5.97 Å². The smallest absolute Gasteiger partial charge is 0.341 e. The number of amides is 1. The van der Waals surface area contributed by atoms with Crippen molar-refractivity contribution in [3.8, 4) is 0 Å². The van der Waals surface area contributed by atoms with Gasteiger partial charge in [0.2, 0.25) is 0 Å². The molecule has 0 bridgehead atoms. The molecule has 6 heteroatoms. The maximum atomic E-state index is 12.9. The summed E-state index contributed by atoms with van der Waals surface area (Å²) in [5.74, 6) is -0.832. The van der Waals surface area contributed by atoms with Gasteiger partial charge in [-0.3, -0.25) is 9.59 Å². The topological polar surface area (TPSA) is 72.5 Å². The van der Waals surface area contributed by atoms with Gasteiger partial charge in [-0.2, -0.15) is 0 Å². The fourth-order valence-electron chi connectivity index (χ4n) is 3.85. The van der Waals surface area contributed by atoms with Crippen molar-refractivity contribution in [2.45, 2.75) is 32.1 Å². The maximum Gasteiger partial charge on any atom is 0.341 e. The van der Waals surface area contributed by atoms with Crippen molar-refractivity contribution in [3.05, 3.63) is 87.3 Å². The number of esters is 1. The van der Waals surface area contributed by atoms with Crippen molar-refractivity contribution in [3.63, 3.8) is 0 Å². The van der Waals surface area contributed by atoms with Crippen molar-refractivity contribution in [1.82, 2.24) is 0 Å². The lowest BCUT2D eigenvalue weighted by Crippen LogP contribution is -2.15. The second kappa shape index (κ2) is 9.27. The highest BCUT2D eigenvalue weighted by molar-refractivity contribution is 7.17. The molecule has 0 aliphatic heterocycles. The molecule has 3 aromatic rings. The molecule has 0 spiro atoms.